The zero-order valence-corrected chi connectivity index (χ0v) is 14.3. The average Bonchev–Trinajstić information content (AvgIpc) is 2.60. The Hall–Kier alpha value is -2.29. The number of benzene rings is 2. The van der Waals surface area contributed by atoms with Gasteiger partial charge in [-0.3, -0.25) is 0 Å². The fourth-order valence-corrected chi connectivity index (χ4v) is 2.72. The summed E-state index contributed by atoms with van der Waals surface area (Å²) < 4.78 is 0. The SMILES string of the molecule is CCc1cccc(CC)c1NC(=O)N(CC)Cc1ccccc1. The highest BCUT2D eigenvalue weighted by Gasteiger charge is 2.15. The first-order chi connectivity index (χ1) is 11.2. The number of hydrogen-bond donors (Lipinski definition) is 1. The number of aryl methyl sites for hydroxylation is 2. The summed E-state index contributed by atoms with van der Waals surface area (Å²) in [5, 5.41) is 3.14. The van der Waals surface area contributed by atoms with Crippen molar-refractivity contribution < 1.29 is 4.79 Å². The molecule has 0 aliphatic rings. The maximum absolute atomic E-state index is 12.7. The molecule has 3 heteroatoms. The van der Waals surface area contributed by atoms with E-state index in [4.69, 9.17) is 0 Å². The fourth-order valence-electron chi connectivity index (χ4n) is 2.72. The molecule has 0 saturated heterocycles. The number of para-hydroxylation sites is 1. The van der Waals surface area contributed by atoms with Crippen molar-refractivity contribution in [2.24, 2.45) is 0 Å². The van der Waals surface area contributed by atoms with Gasteiger partial charge in [-0.2, -0.15) is 0 Å². The molecule has 2 rings (SSSR count). The summed E-state index contributed by atoms with van der Waals surface area (Å²) in [5.74, 6) is 0. The van der Waals surface area contributed by atoms with E-state index in [9.17, 15) is 4.79 Å². The van der Waals surface area contributed by atoms with Crippen molar-refractivity contribution in [3.63, 3.8) is 0 Å². The topological polar surface area (TPSA) is 32.3 Å². The van der Waals surface area contributed by atoms with E-state index in [0.717, 1.165) is 24.1 Å². The first-order valence-corrected chi connectivity index (χ1v) is 8.40. The largest absolute Gasteiger partial charge is 0.322 e. The molecule has 2 amide bonds. The third kappa shape index (κ3) is 4.35. The molecule has 3 nitrogen and oxygen atoms in total. The fraction of sp³-hybridized carbons (Fsp3) is 0.350. The third-order valence-corrected chi connectivity index (χ3v) is 4.12. The molecule has 0 saturated carbocycles. The lowest BCUT2D eigenvalue weighted by molar-refractivity contribution is 0.212. The van der Waals surface area contributed by atoms with Crippen LogP contribution in [0.15, 0.2) is 48.5 Å². The summed E-state index contributed by atoms with van der Waals surface area (Å²) in [6.45, 7) is 7.54. The third-order valence-electron chi connectivity index (χ3n) is 4.12. The number of urea groups is 1. The lowest BCUT2D eigenvalue weighted by Crippen LogP contribution is -2.34. The highest BCUT2D eigenvalue weighted by Crippen LogP contribution is 2.23. The summed E-state index contributed by atoms with van der Waals surface area (Å²) in [5.41, 5.74) is 4.50. The van der Waals surface area contributed by atoms with Gasteiger partial charge in [0.1, 0.15) is 0 Å². The van der Waals surface area contributed by atoms with Crippen LogP contribution in [0.1, 0.15) is 37.5 Å². The van der Waals surface area contributed by atoms with Gasteiger partial charge in [0.05, 0.1) is 0 Å². The van der Waals surface area contributed by atoms with Crippen molar-refractivity contribution in [1.29, 1.82) is 0 Å². The van der Waals surface area contributed by atoms with Gasteiger partial charge in [-0.05, 0) is 36.5 Å². The zero-order valence-electron chi connectivity index (χ0n) is 14.3. The number of anilines is 1. The Morgan fingerprint density at radius 1 is 0.913 bits per heavy atom. The molecule has 23 heavy (non-hydrogen) atoms. The van der Waals surface area contributed by atoms with Crippen LogP contribution in [0, 0.1) is 0 Å². The number of hydrogen-bond acceptors (Lipinski definition) is 1. The summed E-state index contributed by atoms with van der Waals surface area (Å²) >= 11 is 0. The second-order valence-electron chi connectivity index (χ2n) is 5.59. The lowest BCUT2D eigenvalue weighted by atomic mass is 10.0. The zero-order chi connectivity index (χ0) is 16.7. The minimum atomic E-state index is -0.0352. The van der Waals surface area contributed by atoms with Crippen molar-refractivity contribution in [3.05, 3.63) is 65.2 Å². The highest BCUT2D eigenvalue weighted by molar-refractivity contribution is 5.91. The molecule has 0 aromatic heterocycles. The van der Waals surface area contributed by atoms with Gasteiger partial charge in [0.2, 0.25) is 0 Å². The van der Waals surface area contributed by atoms with Crippen LogP contribution in [0.4, 0.5) is 10.5 Å². The molecule has 0 heterocycles. The molecule has 0 unspecified atom stereocenters. The van der Waals surface area contributed by atoms with Crippen molar-refractivity contribution >= 4 is 11.7 Å². The van der Waals surface area contributed by atoms with Gasteiger partial charge in [-0.25, -0.2) is 4.79 Å². The summed E-state index contributed by atoms with van der Waals surface area (Å²) in [7, 11) is 0. The maximum Gasteiger partial charge on any atom is 0.322 e. The quantitative estimate of drug-likeness (QED) is 0.811. The van der Waals surface area contributed by atoms with Gasteiger partial charge in [0, 0.05) is 18.8 Å². The number of rotatable bonds is 6. The Morgan fingerprint density at radius 3 is 2.04 bits per heavy atom. The molecular weight excluding hydrogens is 284 g/mol. The second-order valence-corrected chi connectivity index (χ2v) is 5.59. The molecule has 122 valence electrons. The van der Waals surface area contributed by atoms with Crippen LogP contribution >= 0.6 is 0 Å². The monoisotopic (exact) mass is 310 g/mol. The highest BCUT2D eigenvalue weighted by atomic mass is 16.2. The number of carbonyl (C=O) groups is 1. The predicted octanol–water partition coefficient (Wildman–Crippen LogP) is 4.87. The molecule has 1 N–H and O–H groups in total. The van der Waals surface area contributed by atoms with Gasteiger partial charge < -0.3 is 10.2 Å². The first kappa shape index (κ1) is 17.1. The molecule has 0 radical (unpaired) electrons. The van der Waals surface area contributed by atoms with E-state index in [0.29, 0.717) is 13.1 Å². The molecule has 0 spiro atoms. The molecule has 2 aromatic rings. The van der Waals surface area contributed by atoms with E-state index in [1.807, 2.05) is 42.2 Å². The normalized spacial score (nSPS) is 10.4. The van der Waals surface area contributed by atoms with Crippen LogP contribution in [0.2, 0.25) is 0 Å². The Morgan fingerprint density at radius 2 is 1.52 bits per heavy atom. The van der Waals surface area contributed by atoms with E-state index in [-0.39, 0.29) is 6.03 Å². The van der Waals surface area contributed by atoms with Crippen LogP contribution in [0.5, 0.6) is 0 Å². The van der Waals surface area contributed by atoms with Gasteiger partial charge in [-0.1, -0.05) is 62.4 Å². The lowest BCUT2D eigenvalue weighted by Gasteiger charge is -2.23. The number of carbonyl (C=O) groups excluding carboxylic acids is 1. The molecule has 0 aliphatic heterocycles. The van der Waals surface area contributed by atoms with Crippen molar-refractivity contribution in [2.75, 3.05) is 11.9 Å². The van der Waals surface area contributed by atoms with Gasteiger partial charge in [-0.15, -0.1) is 0 Å². The number of amides is 2. The van der Waals surface area contributed by atoms with E-state index < -0.39 is 0 Å². The smallest absolute Gasteiger partial charge is 0.320 e. The van der Waals surface area contributed by atoms with Gasteiger partial charge in [0.15, 0.2) is 0 Å². The number of nitrogens with one attached hydrogen (secondary N) is 1. The molecular formula is C20H26N2O. The van der Waals surface area contributed by atoms with Gasteiger partial charge in [0.25, 0.3) is 0 Å². The van der Waals surface area contributed by atoms with Gasteiger partial charge >= 0.3 is 6.03 Å². The Labute approximate surface area is 139 Å². The molecule has 0 bridgehead atoms. The minimum absolute atomic E-state index is 0.0352. The summed E-state index contributed by atoms with van der Waals surface area (Å²) in [6.07, 6.45) is 1.82. The van der Waals surface area contributed by atoms with Crippen molar-refractivity contribution in [2.45, 2.75) is 40.2 Å². The molecule has 2 aromatic carbocycles. The summed E-state index contributed by atoms with van der Waals surface area (Å²) in [4.78, 5) is 14.5. The van der Waals surface area contributed by atoms with E-state index >= 15 is 0 Å². The van der Waals surface area contributed by atoms with Crippen LogP contribution in [-0.2, 0) is 19.4 Å². The van der Waals surface area contributed by atoms with Crippen LogP contribution in [0.3, 0.4) is 0 Å². The van der Waals surface area contributed by atoms with Crippen molar-refractivity contribution in [1.82, 2.24) is 4.90 Å². The average molecular weight is 310 g/mol. The minimum Gasteiger partial charge on any atom is -0.320 e. The molecule has 0 atom stereocenters. The van der Waals surface area contributed by atoms with E-state index in [1.165, 1.54) is 11.1 Å². The van der Waals surface area contributed by atoms with Crippen LogP contribution in [0.25, 0.3) is 0 Å². The first-order valence-electron chi connectivity index (χ1n) is 8.40. The van der Waals surface area contributed by atoms with E-state index in [1.54, 1.807) is 0 Å². The van der Waals surface area contributed by atoms with E-state index in [2.05, 4.69) is 37.4 Å². The maximum atomic E-state index is 12.7. The number of nitrogens with zero attached hydrogens (tertiary/aromatic N) is 1. The Bertz CT molecular complexity index is 615. The van der Waals surface area contributed by atoms with Crippen molar-refractivity contribution in [3.8, 4) is 0 Å². The van der Waals surface area contributed by atoms with Crippen LogP contribution < -0.4 is 5.32 Å². The molecule has 0 fully saturated rings. The standard InChI is InChI=1S/C20H26N2O/c1-4-17-13-10-14-18(5-2)19(17)21-20(23)22(6-3)15-16-11-8-7-9-12-16/h7-14H,4-6,15H2,1-3H3,(H,21,23). The second kappa shape index (κ2) is 8.37. The Kier molecular flexibility index (Phi) is 6.21. The predicted molar refractivity (Wildman–Crippen MR) is 96.7 cm³/mol. The van der Waals surface area contributed by atoms with Crippen LogP contribution in [-0.4, -0.2) is 17.5 Å². The summed E-state index contributed by atoms with van der Waals surface area (Å²) in [6, 6.07) is 16.3. The Balaban J connectivity index is 2.17. The molecule has 0 aliphatic carbocycles.